The van der Waals surface area contributed by atoms with Gasteiger partial charge >= 0.3 is 12.3 Å². The van der Waals surface area contributed by atoms with Crippen molar-refractivity contribution in [2.75, 3.05) is 6.61 Å². The van der Waals surface area contributed by atoms with Crippen LogP contribution in [0.4, 0.5) is 9.59 Å². The van der Waals surface area contributed by atoms with Gasteiger partial charge < -0.3 is 18.9 Å². The molecule has 0 saturated heterocycles. The minimum absolute atomic E-state index is 0.00734. The first-order valence-corrected chi connectivity index (χ1v) is 12.2. The van der Waals surface area contributed by atoms with Crippen LogP contribution in [0, 0.1) is 5.92 Å². The second-order valence-electron chi connectivity index (χ2n) is 9.32. The highest BCUT2D eigenvalue weighted by atomic mass is 16.7. The van der Waals surface area contributed by atoms with Gasteiger partial charge in [-0.1, -0.05) is 52.4 Å². The molecule has 6 nitrogen and oxygen atoms in total. The van der Waals surface area contributed by atoms with Crippen molar-refractivity contribution in [3.05, 3.63) is 0 Å². The van der Waals surface area contributed by atoms with Gasteiger partial charge in [0.2, 0.25) is 0 Å². The molecule has 0 aromatic rings. The summed E-state index contributed by atoms with van der Waals surface area (Å²) in [6, 6.07) is 0. The van der Waals surface area contributed by atoms with Gasteiger partial charge in [0.15, 0.2) is 0 Å². The Bertz CT molecular complexity index is 486. The smallest absolute Gasteiger partial charge is 0.434 e. The standard InChI is InChI=1S/C24H42O6/c1-19(2)12-7-4-3-5-10-17-27-23(25)29-21-15-11-16-22(18-21)30-24(26)28-20-13-8-6-9-14-20/h19-22H,3-18H2,1-2H3. The highest BCUT2D eigenvalue weighted by Crippen LogP contribution is 2.26. The van der Waals surface area contributed by atoms with E-state index in [0.29, 0.717) is 13.0 Å². The van der Waals surface area contributed by atoms with E-state index in [9.17, 15) is 9.59 Å². The molecule has 2 unspecified atom stereocenters. The molecule has 2 rings (SSSR count). The lowest BCUT2D eigenvalue weighted by molar-refractivity contribution is -0.0467. The summed E-state index contributed by atoms with van der Waals surface area (Å²) in [4.78, 5) is 24.0. The van der Waals surface area contributed by atoms with Crippen molar-refractivity contribution in [1.82, 2.24) is 0 Å². The predicted octanol–water partition coefficient (Wildman–Crippen LogP) is 6.93. The molecule has 2 aliphatic rings. The molecule has 6 heteroatoms. The topological polar surface area (TPSA) is 71.1 Å². The third-order valence-corrected chi connectivity index (χ3v) is 6.06. The van der Waals surface area contributed by atoms with Crippen molar-refractivity contribution in [2.24, 2.45) is 5.92 Å². The number of unbranched alkanes of at least 4 members (excludes halogenated alkanes) is 4. The van der Waals surface area contributed by atoms with Crippen molar-refractivity contribution in [3.8, 4) is 0 Å². The first-order valence-electron chi connectivity index (χ1n) is 12.2. The number of carbonyl (C=O) groups is 2. The van der Waals surface area contributed by atoms with Crippen LogP contribution in [-0.2, 0) is 18.9 Å². The first-order chi connectivity index (χ1) is 14.5. The predicted molar refractivity (Wildman–Crippen MR) is 115 cm³/mol. The van der Waals surface area contributed by atoms with Gasteiger partial charge in [0.25, 0.3) is 0 Å². The van der Waals surface area contributed by atoms with Gasteiger partial charge in [0.1, 0.15) is 18.3 Å². The lowest BCUT2D eigenvalue weighted by Crippen LogP contribution is -2.33. The Kier molecular flexibility index (Phi) is 12.0. The molecule has 2 aliphatic carbocycles. The summed E-state index contributed by atoms with van der Waals surface area (Å²) in [5.41, 5.74) is 0. The summed E-state index contributed by atoms with van der Waals surface area (Å²) in [5.74, 6) is 0.774. The molecule has 0 aromatic heterocycles. The van der Waals surface area contributed by atoms with E-state index in [1.54, 1.807) is 0 Å². The number of hydrogen-bond donors (Lipinski definition) is 0. The summed E-state index contributed by atoms with van der Waals surface area (Å²) in [6.07, 6.45) is 13.5. The highest BCUT2D eigenvalue weighted by molar-refractivity contribution is 5.61. The molecule has 30 heavy (non-hydrogen) atoms. The van der Waals surface area contributed by atoms with Crippen LogP contribution in [-0.4, -0.2) is 37.2 Å². The molecule has 0 N–H and O–H groups in total. The van der Waals surface area contributed by atoms with E-state index < -0.39 is 12.3 Å². The zero-order chi connectivity index (χ0) is 21.6. The minimum Gasteiger partial charge on any atom is -0.434 e. The van der Waals surface area contributed by atoms with Crippen LogP contribution < -0.4 is 0 Å². The molecular weight excluding hydrogens is 384 g/mol. The molecule has 0 spiro atoms. The maximum Gasteiger partial charge on any atom is 0.508 e. The van der Waals surface area contributed by atoms with Crippen LogP contribution in [0.25, 0.3) is 0 Å². The van der Waals surface area contributed by atoms with Crippen LogP contribution in [0.5, 0.6) is 0 Å². The maximum atomic E-state index is 12.0. The fraction of sp³-hybridized carbons (Fsp3) is 0.917. The summed E-state index contributed by atoms with van der Waals surface area (Å²) in [7, 11) is 0. The van der Waals surface area contributed by atoms with Gasteiger partial charge in [0, 0.05) is 6.42 Å². The van der Waals surface area contributed by atoms with Crippen molar-refractivity contribution < 1.29 is 28.5 Å². The van der Waals surface area contributed by atoms with E-state index in [2.05, 4.69) is 13.8 Å². The largest absolute Gasteiger partial charge is 0.508 e. The number of carbonyl (C=O) groups excluding carboxylic acids is 2. The third-order valence-electron chi connectivity index (χ3n) is 6.06. The van der Waals surface area contributed by atoms with E-state index in [4.69, 9.17) is 18.9 Å². The summed E-state index contributed by atoms with van der Waals surface area (Å²) in [6.45, 7) is 4.91. The minimum atomic E-state index is -0.606. The maximum absolute atomic E-state index is 12.0. The Morgan fingerprint density at radius 1 is 0.700 bits per heavy atom. The van der Waals surface area contributed by atoms with Crippen LogP contribution >= 0.6 is 0 Å². The monoisotopic (exact) mass is 426 g/mol. The van der Waals surface area contributed by atoms with Crippen molar-refractivity contribution >= 4 is 12.3 Å². The van der Waals surface area contributed by atoms with E-state index in [1.165, 1.54) is 32.1 Å². The zero-order valence-corrected chi connectivity index (χ0v) is 19.1. The Hall–Kier alpha value is -1.46. The Labute approximate surface area is 182 Å². The first kappa shape index (κ1) is 24.8. The second kappa shape index (κ2) is 14.5. The van der Waals surface area contributed by atoms with Crippen molar-refractivity contribution in [2.45, 2.75) is 128 Å². The van der Waals surface area contributed by atoms with E-state index >= 15 is 0 Å². The Morgan fingerprint density at radius 2 is 1.27 bits per heavy atom. The fourth-order valence-electron chi connectivity index (χ4n) is 4.31. The average Bonchev–Trinajstić information content (AvgIpc) is 2.70. The van der Waals surface area contributed by atoms with Crippen LogP contribution in [0.15, 0.2) is 0 Å². The van der Waals surface area contributed by atoms with Gasteiger partial charge in [0.05, 0.1) is 6.61 Å². The van der Waals surface area contributed by atoms with Crippen LogP contribution in [0.1, 0.15) is 110 Å². The van der Waals surface area contributed by atoms with Gasteiger partial charge in [-0.3, -0.25) is 0 Å². The van der Waals surface area contributed by atoms with E-state index in [1.807, 2.05) is 0 Å². The van der Waals surface area contributed by atoms with Crippen LogP contribution in [0.3, 0.4) is 0 Å². The molecule has 2 atom stereocenters. The molecule has 0 heterocycles. The molecule has 2 fully saturated rings. The highest BCUT2D eigenvalue weighted by Gasteiger charge is 2.29. The van der Waals surface area contributed by atoms with Gasteiger partial charge in [-0.2, -0.15) is 0 Å². The van der Waals surface area contributed by atoms with Crippen molar-refractivity contribution in [1.29, 1.82) is 0 Å². The third kappa shape index (κ3) is 11.1. The molecule has 174 valence electrons. The van der Waals surface area contributed by atoms with E-state index in [-0.39, 0.29) is 18.3 Å². The quantitative estimate of drug-likeness (QED) is 0.263. The van der Waals surface area contributed by atoms with Gasteiger partial charge in [-0.25, -0.2) is 9.59 Å². The number of rotatable bonds is 11. The SMILES string of the molecule is CC(C)CCCCCCCOC(=O)OC1CCCC(OC(=O)OC2CCCCC2)C1. The number of ether oxygens (including phenoxy) is 4. The lowest BCUT2D eigenvalue weighted by Gasteiger charge is -2.29. The molecule has 0 aliphatic heterocycles. The summed E-state index contributed by atoms with van der Waals surface area (Å²) >= 11 is 0. The summed E-state index contributed by atoms with van der Waals surface area (Å²) in [5, 5.41) is 0. The van der Waals surface area contributed by atoms with Crippen LogP contribution in [0.2, 0.25) is 0 Å². The zero-order valence-electron chi connectivity index (χ0n) is 19.1. The van der Waals surface area contributed by atoms with Gasteiger partial charge in [-0.15, -0.1) is 0 Å². The molecule has 0 bridgehead atoms. The Balaban J connectivity index is 1.52. The molecule has 0 aromatic carbocycles. The summed E-state index contributed by atoms with van der Waals surface area (Å²) < 4.78 is 21.5. The lowest BCUT2D eigenvalue weighted by atomic mass is 9.95. The van der Waals surface area contributed by atoms with E-state index in [0.717, 1.165) is 63.7 Å². The van der Waals surface area contributed by atoms with Gasteiger partial charge in [-0.05, 0) is 57.3 Å². The van der Waals surface area contributed by atoms with Crippen molar-refractivity contribution in [3.63, 3.8) is 0 Å². The average molecular weight is 427 g/mol. The normalized spacial score (nSPS) is 22.5. The molecule has 0 amide bonds. The fourth-order valence-corrected chi connectivity index (χ4v) is 4.31. The second-order valence-corrected chi connectivity index (χ2v) is 9.32. The molecular formula is C24H42O6. The Morgan fingerprint density at radius 3 is 1.97 bits per heavy atom. The molecule has 0 radical (unpaired) electrons. The number of hydrogen-bond acceptors (Lipinski definition) is 6. The molecule has 2 saturated carbocycles.